The monoisotopic (exact) mass is 330 g/mol. The normalized spacial score (nSPS) is 14.0. The van der Waals surface area contributed by atoms with Gasteiger partial charge in [0.1, 0.15) is 11.8 Å². The molecule has 0 spiro atoms. The number of methoxy groups -OCH3 is 1. The summed E-state index contributed by atoms with van der Waals surface area (Å²) in [4.78, 5) is 22.5. The molecule has 0 aliphatic rings. The molecule has 8 nitrogen and oxygen atoms in total. The van der Waals surface area contributed by atoms with Crippen LogP contribution in [0.5, 0.6) is 5.75 Å². The lowest BCUT2D eigenvalue weighted by Crippen LogP contribution is -2.42. The van der Waals surface area contributed by atoms with E-state index in [1.54, 1.807) is 0 Å². The maximum absolute atomic E-state index is 12.1. The minimum atomic E-state index is -3.91. The van der Waals surface area contributed by atoms with Gasteiger partial charge in [-0.2, -0.15) is 4.72 Å². The number of amides is 1. The smallest absolute Gasteiger partial charge is 0.324 e. The Bertz CT molecular complexity index is 641. The van der Waals surface area contributed by atoms with Crippen LogP contribution in [0.4, 0.5) is 0 Å². The van der Waals surface area contributed by atoms with Gasteiger partial charge in [0.2, 0.25) is 10.0 Å². The molecule has 9 heteroatoms. The molecule has 1 aromatic rings. The Morgan fingerprint density at radius 2 is 1.73 bits per heavy atom. The number of carbonyl (C=O) groups excluding carboxylic acids is 2. The highest BCUT2D eigenvalue weighted by Gasteiger charge is 2.25. The van der Waals surface area contributed by atoms with Gasteiger partial charge in [-0.1, -0.05) is 0 Å². The molecule has 22 heavy (non-hydrogen) atoms. The molecule has 0 radical (unpaired) electrons. The zero-order chi connectivity index (χ0) is 16.9. The third-order valence-electron chi connectivity index (χ3n) is 2.75. The number of hydrogen-bond acceptors (Lipinski definition) is 6. The number of carbonyl (C=O) groups is 2. The molecule has 122 valence electrons. The van der Waals surface area contributed by atoms with E-state index in [9.17, 15) is 18.0 Å². The molecule has 0 aliphatic carbocycles. The highest BCUT2D eigenvalue weighted by molar-refractivity contribution is 7.89. The zero-order valence-electron chi connectivity index (χ0n) is 12.4. The van der Waals surface area contributed by atoms with Crippen molar-refractivity contribution >= 4 is 21.9 Å². The van der Waals surface area contributed by atoms with Crippen LogP contribution >= 0.6 is 0 Å². The predicted octanol–water partition coefficient (Wildman–Crippen LogP) is -0.221. The van der Waals surface area contributed by atoms with Crippen molar-refractivity contribution < 1.29 is 27.5 Å². The fraction of sp³-hybridized carbons (Fsp3) is 0.385. The van der Waals surface area contributed by atoms with E-state index < -0.39 is 34.0 Å². The molecule has 0 saturated heterocycles. The molecule has 0 aromatic heterocycles. The second kappa shape index (κ2) is 7.23. The van der Waals surface area contributed by atoms with Crippen molar-refractivity contribution in [3.05, 3.63) is 24.3 Å². The molecule has 0 saturated carbocycles. The van der Waals surface area contributed by atoms with Gasteiger partial charge in [-0.05, 0) is 38.1 Å². The van der Waals surface area contributed by atoms with Gasteiger partial charge in [-0.25, -0.2) is 8.42 Å². The number of esters is 1. The van der Waals surface area contributed by atoms with Crippen LogP contribution in [0.3, 0.4) is 0 Å². The lowest BCUT2D eigenvalue weighted by Gasteiger charge is -2.16. The summed E-state index contributed by atoms with van der Waals surface area (Å²) in [7, 11) is -2.45. The van der Waals surface area contributed by atoms with Gasteiger partial charge < -0.3 is 15.2 Å². The van der Waals surface area contributed by atoms with Gasteiger partial charge in [-0.15, -0.1) is 0 Å². The second-order valence-electron chi connectivity index (χ2n) is 4.50. The Kier molecular flexibility index (Phi) is 5.89. The molecular formula is C13H18N2O6S. The number of hydrogen-bond donors (Lipinski definition) is 2. The Balaban J connectivity index is 2.78. The lowest BCUT2D eigenvalue weighted by atomic mass is 10.3. The number of primary amides is 1. The number of benzene rings is 1. The standard InChI is InChI=1S/C13H18N2O6S/c1-8(13(17)21-9(2)12(14)16)15-22(18,19)11-6-4-10(20-3)5-7-11/h4-9,15H,1-3H3,(H2,14,16). The molecule has 1 amide bonds. The summed E-state index contributed by atoms with van der Waals surface area (Å²) in [6, 6.07) is 4.46. The first kappa shape index (κ1) is 17.9. The van der Waals surface area contributed by atoms with Gasteiger partial charge in [0.05, 0.1) is 12.0 Å². The topological polar surface area (TPSA) is 125 Å². The fourth-order valence-corrected chi connectivity index (χ4v) is 2.63. The summed E-state index contributed by atoms with van der Waals surface area (Å²) in [5.74, 6) is -1.22. The Morgan fingerprint density at radius 1 is 1.18 bits per heavy atom. The van der Waals surface area contributed by atoms with Gasteiger partial charge in [-0.3, -0.25) is 9.59 Å². The van der Waals surface area contributed by atoms with E-state index in [1.807, 2.05) is 0 Å². The molecule has 1 rings (SSSR count). The predicted molar refractivity (Wildman–Crippen MR) is 77.5 cm³/mol. The first-order chi connectivity index (χ1) is 10.2. The SMILES string of the molecule is COc1ccc(S(=O)(=O)NC(C)C(=O)OC(C)C(N)=O)cc1. The average Bonchev–Trinajstić information content (AvgIpc) is 2.46. The molecule has 0 bridgehead atoms. The quantitative estimate of drug-likeness (QED) is 0.666. The van der Waals surface area contributed by atoms with Gasteiger partial charge in [0.25, 0.3) is 5.91 Å². The maximum atomic E-state index is 12.1. The van der Waals surface area contributed by atoms with Crippen LogP contribution in [0, 0.1) is 0 Å². The van der Waals surface area contributed by atoms with Crippen LogP contribution < -0.4 is 15.2 Å². The minimum absolute atomic E-state index is 0.0316. The molecule has 1 aromatic carbocycles. The van der Waals surface area contributed by atoms with E-state index >= 15 is 0 Å². The summed E-state index contributed by atoms with van der Waals surface area (Å²) in [5, 5.41) is 0. The number of ether oxygens (including phenoxy) is 2. The average molecular weight is 330 g/mol. The van der Waals surface area contributed by atoms with Crippen molar-refractivity contribution in [1.82, 2.24) is 4.72 Å². The number of nitrogens with one attached hydrogen (secondary N) is 1. The van der Waals surface area contributed by atoms with Crippen LogP contribution in [0.25, 0.3) is 0 Å². The van der Waals surface area contributed by atoms with E-state index in [0.29, 0.717) is 5.75 Å². The maximum Gasteiger partial charge on any atom is 0.324 e. The number of sulfonamides is 1. The van der Waals surface area contributed by atoms with Crippen LogP contribution in [0.1, 0.15) is 13.8 Å². The van der Waals surface area contributed by atoms with Gasteiger partial charge >= 0.3 is 5.97 Å². The van der Waals surface area contributed by atoms with Crippen molar-refractivity contribution in [2.45, 2.75) is 30.9 Å². The highest BCUT2D eigenvalue weighted by atomic mass is 32.2. The summed E-state index contributed by atoms with van der Waals surface area (Å²) in [5.41, 5.74) is 4.96. The first-order valence-electron chi connectivity index (χ1n) is 6.33. The van der Waals surface area contributed by atoms with E-state index in [-0.39, 0.29) is 4.90 Å². The van der Waals surface area contributed by atoms with Crippen molar-refractivity contribution in [2.75, 3.05) is 7.11 Å². The summed E-state index contributed by atoms with van der Waals surface area (Å²) in [6.45, 7) is 2.60. The molecule has 0 aliphatic heterocycles. The number of nitrogens with two attached hydrogens (primary N) is 1. The lowest BCUT2D eigenvalue weighted by molar-refractivity contribution is -0.155. The summed E-state index contributed by atoms with van der Waals surface area (Å²) < 4.78 is 36.1. The molecule has 0 heterocycles. The Hall–Kier alpha value is -2.13. The number of rotatable bonds is 7. The largest absolute Gasteiger partial charge is 0.497 e. The third kappa shape index (κ3) is 4.71. The highest BCUT2D eigenvalue weighted by Crippen LogP contribution is 2.15. The molecule has 2 unspecified atom stereocenters. The molecule has 0 fully saturated rings. The van der Waals surface area contributed by atoms with Crippen molar-refractivity contribution in [1.29, 1.82) is 0 Å². The van der Waals surface area contributed by atoms with E-state index in [4.69, 9.17) is 15.2 Å². The zero-order valence-corrected chi connectivity index (χ0v) is 13.2. The van der Waals surface area contributed by atoms with E-state index in [2.05, 4.69) is 4.72 Å². The van der Waals surface area contributed by atoms with Gasteiger partial charge in [0, 0.05) is 0 Å². The Labute approximate surface area is 128 Å². The third-order valence-corrected chi connectivity index (χ3v) is 4.31. The fourth-order valence-electron chi connectivity index (χ4n) is 1.44. The second-order valence-corrected chi connectivity index (χ2v) is 6.21. The molecule has 2 atom stereocenters. The van der Waals surface area contributed by atoms with Crippen LogP contribution in [-0.4, -0.2) is 39.5 Å². The van der Waals surface area contributed by atoms with Crippen LogP contribution in [0.15, 0.2) is 29.2 Å². The van der Waals surface area contributed by atoms with Crippen LogP contribution in [-0.2, 0) is 24.3 Å². The minimum Gasteiger partial charge on any atom is -0.497 e. The van der Waals surface area contributed by atoms with E-state index in [0.717, 1.165) is 0 Å². The molecule has 3 N–H and O–H groups in total. The van der Waals surface area contributed by atoms with Crippen molar-refractivity contribution in [3.8, 4) is 5.75 Å². The van der Waals surface area contributed by atoms with Gasteiger partial charge in [0.15, 0.2) is 6.10 Å². The summed E-state index contributed by atoms with van der Waals surface area (Å²) in [6.07, 6.45) is -1.14. The van der Waals surface area contributed by atoms with Crippen molar-refractivity contribution in [2.24, 2.45) is 5.73 Å². The summed E-state index contributed by atoms with van der Waals surface area (Å²) >= 11 is 0. The molecular weight excluding hydrogens is 312 g/mol. The Morgan fingerprint density at radius 3 is 2.18 bits per heavy atom. The van der Waals surface area contributed by atoms with Crippen molar-refractivity contribution in [3.63, 3.8) is 0 Å². The van der Waals surface area contributed by atoms with E-state index in [1.165, 1.54) is 45.2 Å². The first-order valence-corrected chi connectivity index (χ1v) is 7.82. The van der Waals surface area contributed by atoms with Crippen LogP contribution in [0.2, 0.25) is 0 Å².